The van der Waals surface area contributed by atoms with Gasteiger partial charge in [-0.15, -0.1) is 0 Å². The van der Waals surface area contributed by atoms with Crippen molar-refractivity contribution >= 4 is 25.3 Å². The van der Waals surface area contributed by atoms with Gasteiger partial charge >= 0.3 is 27.3 Å². The first-order valence-electron chi connectivity index (χ1n) is 7.99. The Kier molecular flexibility index (Phi) is 37.5. The molecule has 0 nitrogen and oxygen atoms in total. The van der Waals surface area contributed by atoms with Crippen LogP contribution in [0.1, 0.15) is 90.9 Å². The molecule has 0 aliphatic rings. The Labute approximate surface area is 154 Å². The van der Waals surface area contributed by atoms with Crippen LogP contribution in [-0.2, 0) is 52.6 Å². The van der Waals surface area contributed by atoms with Gasteiger partial charge in [-0.2, -0.15) is 11.5 Å². The van der Waals surface area contributed by atoms with E-state index in [9.17, 15) is 0 Å². The van der Waals surface area contributed by atoms with E-state index in [1.807, 2.05) is 0 Å². The Bertz CT molecular complexity index is 95.3. The van der Waals surface area contributed by atoms with Gasteiger partial charge in [-0.25, -0.2) is 0 Å². The number of hydrogen-bond donors (Lipinski definition) is 0. The van der Waals surface area contributed by atoms with Gasteiger partial charge in [0.15, 0.2) is 0 Å². The third-order valence-electron chi connectivity index (χ3n) is 3.00. The zero-order valence-corrected chi connectivity index (χ0v) is 19.1. The van der Waals surface area contributed by atoms with Gasteiger partial charge in [0.1, 0.15) is 0 Å². The van der Waals surface area contributed by atoms with Crippen LogP contribution in [-0.4, -0.2) is 11.5 Å². The van der Waals surface area contributed by atoms with Crippen LogP contribution in [0, 0.1) is 0 Å². The third-order valence-corrected chi connectivity index (χ3v) is 3.57. The van der Waals surface area contributed by atoms with Gasteiger partial charge in [0.25, 0.3) is 0 Å². The molecule has 0 aromatic rings. The summed E-state index contributed by atoms with van der Waals surface area (Å²) in [5, 5.41) is 0. The van der Waals surface area contributed by atoms with Gasteiger partial charge in [0, 0.05) is 0 Å². The molecule has 0 unspecified atom stereocenters. The van der Waals surface area contributed by atoms with Crippen molar-refractivity contribution in [3.63, 3.8) is 0 Å². The van der Waals surface area contributed by atoms with Gasteiger partial charge in [-0.3, -0.25) is 0 Å². The van der Waals surface area contributed by atoms with Gasteiger partial charge in [-0.1, -0.05) is 90.9 Å². The molecule has 0 rings (SSSR count). The van der Waals surface area contributed by atoms with Crippen molar-refractivity contribution in [2.24, 2.45) is 0 Å². The maximum Gasteiger partial charge on any atom is 2.00 e. The molecule has 0 atom stereocenters. The molecule has 0 aromatic heterocycles. The maximum absolute atomic E-state index is 4.83. The van der Waals surface area contributed by atoms with Gasteiger partial charge < -0.3 is 25.3 Å². The van der Waals surface area contributed by atoms with Crippen molar-refractivity contribution in [2.45, 2.75) is 90.9 Å². The summed E-state index contributed by atoms with van der Waals surface area (Å²) < 4.78 is 0. The quantitative estimate of drug-likeness (QED) is 0.230. The van der Waals surface area contributed by atoms with Crippen LogP contribution in [0.3, 0.4) is 0 Å². The molecule has 112 valence electrons. The van der Waals surface area contributed by atoms with E-state index in [-0.39, 0.29) is 27.3 Å². The number of hydrogen-bond acceptors (Lipinski definition) is 2. The molecule has 0 saturated heterocycles. The minimum Gasteiger partial charge on any atom is -0.793 e. The van der Waals surface area contributed by atoms with Crippen LogP contribution in [0.15, 0.2) is 0 Å². The molecule has 19 heavy (non-hydrogen) atoms. The van der Waals surface area contributed by atoms with Crippen LogP contribution in [0.25, 0.3) is 0 Å². The fourth-order valence-corrected chi connectivity index (χ4v) is 2.17. The average Bonchev–Trinajstić information content (AvgIpc) is 2.39. The van der Waals surface area contributed by atoms with Gasteiger partial charge in [0.05, 0.1) is 0 Å². The van der Waals surface area contributed by atoms with Gasteiger partial charge in [0.2, 0.25) is 0 Å². The van der Waals surface area contributed by atoms with Crippen molar-refractivity contribution < 1.29 is 27.3 Å². The van der Waals surface area contributed by atoms with E-state index in [2.05, 4.69) is 13.8 Å². The largest absolute Gasteiger partial charge is 2.00 e. The zero-order valence-electron chi connectivity index (χ0n) is 13.4. The maximum atomic E-state index is 4.83. The minimum atomic E-state index is 0. The summed E-state index contributed by atoms with van der Waals surface area (Å²) in [4.78, 5) is 0. The third kappa shape index (κ3) is 32.8. The smallest absolute Gasteiger partial charge is 0.793 e. The molecule has 0 saturated carbocycles. The van der Waals surface area contributed by atoms with E-state index < -0.39 is 0 Å². The molecule has 0 aromatic carbocycles. The summed E-state index contributed by atoms with van der Waals surface area (Å²) >= 11 is 9.66. The van der Waals surface area contributed by atoms with E-state index in [0.29, 0.717) is 0 Å². The first kappa shape index (κ1) is 25.6. The SMILES string of the molecule is CCCCCCCC[S-].CCCCCCCC[S-].[Cd+2]. The second kappa shape index (κ2) is 27.9. The van der Waals surface area contributed by atoms with Crippen molar-refractivity contribution in [3.05, 3.63) is 0 Å². The van der Waals surface area contributed by atoms with Crippen LogP contribution in [0.4, 0.5) is 0 Å². The summed E-state index contributed by atoms with van der Waals surface area (Å²) in [6, 6.07) is 0. The Morgan fingerprint density at radius 3 is 1.00 bits per heavy atom. The molecular formula is C16H34CdS2. The summed E-state index contributed by atoms with van der Waals surface area (Å²) in [5.41, 5.74) is 0. The normalized spacial score (nSPS) is 9.47. The summed E-state index contributed by atoms with van der Waals surface area (Å²) in [6.45, 7) is 4.49. The summed E-state index contributed by atoms with van der Waals surface area (Å²) in [6.07, 6.45) is 16.3. The Balaban J connectivity index is -0.000000256. The summed E-state index contributed by atoms with van der Waals surface area (Å²) in [7, 11) is 0. The minimum absolute atomic E-state index is 0. The fraction of sp³-hybridized carbons (Fsp3) is 1.00. The number of rotatable bonds is 12. The first-order chi connectivity index (χ1) is 8.83. The second-order valence-electron chi connectivity index (χ2n) is 4.94. The Morgan fingerprint density at radius 2 is 0.737 bits per heavy atom. The monoisotopic (exact) mass is 404 g/mol. The van der Waals surface area contributed by atoms with E-state index in [1.54, 1.807) is 0 Å². The average molecular weight is 403 g/mol. The predicted molar refractivity (Wildman–Crippen MR) is 91.2 cm³/mol. The van der Waals surface area contributed by atoms with E-state index in [1.165, 1.54) is 77.0 Å². The Morgan fingerprint density at radius 1 is 0.474 bits per heavy atom. The molecule has 0 aliphatic heterocycles. The predicted octanol–water partition coefficient (Wildman–Crippen LogP) is 5.79. The molecule has 0 spiro atoms. The van der Waals surface area contributed by atoms with Crippen molar-refractivity contribution in [1.82, 2.24) is 0 Å². The van der Waals surface area contributed by atoms with Crippen molar-refractivity contribution in [2.75, 3.05) is 11.5 Å². The second-order valence-corrected chi connectivity index (χ2v) is 5.76. The molecule has 0 aliphatic carbocycles. The zero-order chi connectivity index (χ0) is 13.9. The van der Waals surface area contributed by atoms with E-state index in [0.717, 1.165) is 11.5 Å². The molecular weight excluding hydrogens is 369 g/mol. The topological polar surface area (TPSA) is 0 Å². The van der Waals surface area contributed by atoms with Crippen LogP contribution < -0.4 is 0 Å². The molecule has 0 amide bonds. The molecule has 0 fully saturated rings. The van der Waals surface area contributed by atoms with Crippen LogP contribution in [0.2, 0.25) is 0 Å². The van der Waals surface area contributed by atoms with E-state index in [4.69, 9.17) is 25.3 Å². The molecule has 0 heterocycles. The van der Waals surface area contributed by atoms with Gasteiger partial charge in [-0.05, 0) is 0 Å². The molecule has 3 heteroatoms. The summed E-state index contributed by atoms with van der Waals surface area (Å²) in [5.74, 6) is 1.90. The molecule has 0 radical (unpaired) electrons. The van der Waals surface area contributed by atoms with E-state index >= 15 is 0 Å². The van der Waals surface area contributed by atoms with Crippen LogP contribution >= 0.6 is 0 Å². The molecule has 0 bridgehead atoms. The number of unbranched alkanes of at least 4 members (excludes halogenated alkanes) is 10. The van der Waals surface area contributed by atoms with Crippen LogP contribution in [0.5, 0.6) is 0 Å². The van der Waals surface area contributed by atoms with Crippen molar-refractivity contribution in [1.29, 1.82) is 0 Å². The van der Waals surface area contributed by atoms with Crippen molar-refractivity contribution in [3.8, 4) is 0 Å². The fourth-order valence-electron chi connectivity index (χ4n) is 1.76. The standard InChI is InChI=1S/2C8H18S.Cd/c2*1-2-3-4-5-6-7-8-9;/h2*9H,2-8H2,1H3;/q;;+2/p-2. The molecule has 0 N–H and O–H groups in total. The first-order valence-corrected chi connectivity index (χ1v) is 9.15. The Hall–Kier alpha value is 1.62.